The molecule has 0 heterocycles. The van der Waals surface area contributed by atoms with Crippen molar-refractivity contribution in [3.8, 4) is 0 Å². The van der Waals surface area contributed by atoms with Gasteiger partial charge in [-0.15, -0.1) is 0 Å². The molecular formula is C11H19NO5. The highest BCUT2D eigenvalue weighted by molar-refractivity contribution is 5.77. The Morgan fingerprint density at radius 3 is 2.59 bits per heavy atom. The zero-order valence-electron chi connectivity index (χ0n) is 9.81. The van der Waals surface area contributed by atoms with Crippen molar-refractivity contribution in [2.45, 2.75) is 31.8 Å². The monoisotopic (exact) mass is 245 g/mol. The van der Waals surface area contributed by atoms with E-state index in [1.54, 1.807) is 0 Å². The molecule has 17 heavy (non-hydrogen) atoms. The van der Waals surface area contributed by atoms with Gasteiger partial charge in [0, 0.05) is 6.54 Å². The lowest BCUT2D eigenvalue weighted by atomic mass is 10.3. The highest BCUT2D eigenvalue weighted by Crippen LogP contribution is 2.20. The fourth-order valence-electron chi connectivity index (χ4n) is 1.72. The SMILES string of the molecule is O=C(O)COCCNC(=O)COC1CCCC1. The number of carboxylic acid groups (broad SMARTS) is 1. The van der Waals surface area contributed by atoms with Crippen LogP contribution in [0.1, 0.15) is 25.7 Å². The van der Waals surface area contributed by atoms with Gasteiger partial charge in [0.05, 0.1) is 12.7 Å². The summed E-state index contributed by atoms with van der Waals surface area (Å²) in [5.41, 5.74) is 0. The van der Waals surface area contributed by atoms with Crippen LogP contribution in [0.3, 0.4) is 0 Å². The fourth-order valence-corrected chi connectivity index (χ4v) is 1.72. The van der Waals surface area contributed by atoms with Gasteiger partial charge in [-0.25, -0.2) is 4.79 Å². The smallest absolute Gasteiger partial charge is 0.329 e. The molecule has 1 fully saturated rings. The van der Waals surface area contributed by atoms with Gasteiger partial charge < -0.3 is 19.9 Å². The number of nitrogens with one attached hydrogen (secondary N) is 1. The van der Waals surface area contributed by atoms with E-state index in [2.05, 4.69) is 5.32 Å². The average molecular weight is 245 g/mol. The summed E-state index contributed by atoms with van der Waals surface area (Å²) in [5.74, 6) is -1.20. The normalized spacial score (nSPS) is 16.0. The topological polar surface area (TPSA) is 84.9 Å². The van der Waals surface area contributed by atoms with E-state index >= 15 is 0 Å². The van der Waals surface area contributed by atoms with Gasteiger partial charge in [0.1, 0.15) is 13.2 Å². The Kier molecular flexibility index (Phi) is 6.57. The van der Waals surface area contributed by atoms with E-state index in [-0.39, 0.29) is 31.8 Å². The highest BCUT2D eigenvalue weighted by atomic mass is 16.5. The molecule has 1 aliphatic carbocycles. The number of carbonyl (C=O) groups is 2. The van der Waals surface area contributed by atoms with Crippen LogP contribution in [-0.4, -0.2) is 49.5 Å². The number of amides is 1. The summed E-state index contributed by atoms with van der Waals surface area (Å²) in [6.45, 7) is 0.236. The lowest BCUT2D eigenvalue weighted by Crippen LogP contribution is -2.32. The van der Waals surface area contributed by atoms with E-state index in [0.717, 1.165) is 12.8 Å². The number of carboxylic acids is 1. The minimum absolute atomic E-state index is 0.0730. The van der Waals surface area contributed by atoms with Crippen molar-refractivity contribution in [1.29, 1.82) is 0 Å². The van der Waals surface area contributed by atoms with Gasteiger partial charge in [0.2, 0.25) is 5.91 Å². The predicted octanol–water partition coefficient (Wildman–Crippen LogP) is 0.163. The summed E-state index contributed by atoms with van der Waals surface area (Å²) < 4.78 is 10.2. The van der Waals surface area contributed by atoms with E-state index < -0.39 is 5.97 Å². The van der Waals surface area contributed by atoms with Crippen LogP contribution >= 0.6 is 0 Å². The maximum atomic E-state index is 11.3. The fraction of sp³-hybridized carbons (Fsp3) is 0.818. The van der Waals surface area contributed by atoms with Crippen molar-refractivity contribution in [2.24, 2.45) is 0 Å². The average Bonchev–Trinajstić information content (AvgIpc) is 2.78. The lowest BCUT2D eigenvalue weighted by molar-refractivity contribution is -0.142. The van der Waals surface area contributed by atoms with Gasteiger partial charge in [-0.3, -0.25) is 4.79 Å². The molecule has 1 aliphatic rings. The van der Waals surface area contributed by atoms with Gasteiger partial charge in [0.15, 0.2) is 0 Å². The molecule has 0 spiro atoms. The summed E-state index contributed by atoms with van der Waals surface area (Å²) in [4.78, 5) is 21.4. The van der Waals surface area contributed by atoms with Crippen LogP contribution in [0.5, 0.6) is 0 Å². The van der Waals surface area contributed by atoms with Crippen LogP contribution in [0.25, 0.3) is 0 Å². The molecule has 0 bridgehead atoms. The van der Waals surface area contributed by atoms with Crippen molar-refractivity contribution in [1.82, 2.24) is 5.32 Å². The first-order valence-electron chi connectivity index (χ1n) is 5.86. The summed E-state index contributed by atoms with van der Waals surface area (Å²) in [7, 11) is 0. The van der Waals surface area contributed by atoms with Crippen LogP contribution in [0.15, 0.2) is 0 Å². The Labute approximate surface area is 100 Å². The third-order valence-corrected chi connectivity index (χ3v) is 2.55. The predicted molar refractivity (Wildman–Crippen MR) is 59.7 cm³/mol. The molecule has 0 aromatic carbocycles. The zero-order valence-corrected chi connectivity index (χ0v) is 9.81. The largest absolute Gasteiger partial charge is 0.480 e. The van der Waals surface area contributed by atoms with Crippen LogP contribution in [0, 0.1) is 0 Å². The molecule has 98 valence electrons. The molecule has 0 aliphatic heterocycles. The summed E-state index contributed by atoms with van der Waals surface area (Å²) in [6, 6.07) is 0. The number of hydrogen-bond donors (Lipinski definition) is 2. The Bertz CT molecular complexity index is 250. The molecule has 0 aromatic rings. The van der Waals surface area contributed by atoms with E-state index in [9.17, 15) is 9.59 Å². The third kappa shape index (κ3) is 6.91. The van der Waals surface area contributed by atoms with Gasteiger partial charge >= 0.3 is 5.97 Å². The van der Waals surface area contributed by atoms with Crippen molar-refractivity contribution >= 4 is 11.9 Å². The third-order valence-electron chi connectivity index (χ3n) is 2.55. The van der Waals surface area contributed by atoms with Crippen molar-refractivity contribution in [2.75, 3.05) is 26.4 Å². The molecule has 0 radical (unpaired) electrons. The molecule has 0 unspecified atom stereocenters. The summed E-state index contributed by atoms with van der Waals surface area (Å²) in [5, 5.41) is 10.9. The van der Waals surface area contributed by atoms with Gasteiger partial charge in [0.25, 0.3) is 0 Å². The second-order valence-electron chi connectivity index (χ2n) is 4.01. The number of hydrogen-bond acceptors (Lipinski definition) is 4. The molecular weight excluding hydrogens is 226 g/mol. The second-order valence-corrected chi connectivity index (χ2v) is 4.01. The highest BCUT2D eigenvalue weighted by Gasteiger charge is 2.16. The Morgan fingerprint density at radius 1 is 1.24 bits per heavy atom. The van der Waals surface area contributed by atoms with Crippen molar-refractivity contribution < 1.29 is 24.2 Å². The van der Waals surface area contributed by atoms with Crippen molar-refractivity contribution in [3.63, 3.8) is 0 Å². The maximum absolute atomic E-state index is 11.3. The van der Waals surface area contributed by atoms with Crippen LogP contribution in [0.4, 0.5) is 0 Å². The van der Waals surface area contributed by atoms with Gasteiger partial charge in [-0.2, -0.15) is 0 Å². The Morgan fingerprint density at radius 2 is 1.94 bits per heavy atom. The Hall–Kier alpha value is -1.14. The molecule has 2 N–H and O–H groups in total. The molecule has 0 saturated heterocycles. The van der Waals surface area contributed by atoms with E-state index in [1.165, 1.54) is 12.8 Å². The molecule has 0 atom stereocenters. The molecule has 1 rings (SSSR count). The number of ether oxygens (including phenoxy) is 2. The van der Waals surface area contributed by atoms with Gasteiger partial charge in [-0.05, 0) is 12.8 Å². The first kappa shape index (κ1) is 13.9. The van der Waals surface area contributed by atoms with E-state index in [1.807, 2.05) is 0 Å². The lowest BCUT2D eigenvalue weighted by Gasteiger charge is -2.10. The maximum Gasteiger partial charge on any atom is 0.329 e. The minimum Gasteiger partial charge on any atom is -0.480 e. The van der Waals surface area contributed by atoms with Crippen LogP contribution in [-0.2, 0) is 19.1 Å². The molecule has 6 heteroatoms. The summed E-state index contributed by atoms with van der Waals surface area (Å²) in [6.07, 6.45) is 4.65. The van der Waals surface area contributed by atoms with Gasteiger partial charge in [-0.1, -0.05) is 12.8 Å². The van der Waals surface area contributed by atoms with E-state index in [0.29, 0.717) is 6.54 Å². The zero-order chi connectivity index (χ0) is 12.5. The van der Waals surface area contributed by atoms with Crippen LogP contribution in [0.2, 0.25) is 0 Å². The number of carbonyl (C=O) groups excluding carboxylic acids is 1. The molecule has 1 amide bonds. The standard InChI is InChI=1S/C11H19NO5/c13-10(7-17-9-3-1-2-4-9)12-5-6-16-8-11(14)15/h9H,1-8H2,(H,12,13)(H,14,15). The van der Waals surface area contributed by atoms with Crippen molar-refractivity contribution in [3.05, 3.63) is 0 Å². The van der Waals surface area contributed by atoms with Crippen LogP contribution < -0.4 is 5.32 Å². The van der Waals surface area contributed by atoms with E-state index in [4.69, 9.17) is 14.6 Å². The first-order chi connectivity index (χ1) is 8.18. The first-order valence-corrected chi connectivity index (χ1v) is 5.86. The molecule has 1 saturated carbocycles. The number of rotatable bonds is 8. The quantitative estimate of drug-likeness (QED) is 0.595. The molecule has 0 aromatic heterocycles. The number of aliphatic carboxylic acids is 1. The Balaban J connectivity index is 1.92. The summed E-state index contributed by atoms with van der Waals surface area (Å²) >= 11 is 0. The minimum atomic E-state index is -1.01. The molecule has 6 nitrogen and oxygen atoms in total. The second kappa shape index (κ2) is 8.03.